The van der Waals surface area contributed by atoms with Crippen molar-refractivity contribution in [3.8, 4) is 5.75 Å². The summed E-state index contributed by atoms with van der Waals surface area (Å²) in [6.45, 7) is 3.86. The molecule has 1 aromatic rings. The van der Waals surface area contributed by atoms with E-state index in [0.29, 0.717) is 17.7 Å². The van der Waals surface area contributed by atoms with Crippen LogP contribution in [-0.2, 0) is 0 Å². The zero-order valence-electron chi connectivity index (χ0n) is 11.7. The zero-order chi connectivity index (χ0) is 13.8. The average Bonchev–Trinajstić information content (AvgIpc) is 2.77. The summed E-state index contributed by atoms with van der Waals surface area (Å²) in [5.41, 5.74) is 6.86. The van der Waals surface area contributed by atoms with Gasteiger partial charge in [0.15, 0.2) is 0 Å². The Balaban J connectivity index is 1.86. The third kappa shape index (κ3) is 3.85. The van der Waals surface area contributed by atoms with E-state index in [-0.39, 0.29) is 6.04 Å². The summed E-state index contributed by atoms with van der Waals surface area (Å²) in [4.78, 5) is 2.41. The van der Waals surface area contributed by atoms with Gasteiger partial charge in [0.05, 0.1) is 11.6 Å². The van der Waals surface area contributed by atoms with Crippen molar-refractivity contribution in [2.45, 2.75) is 38.3 Å². The lowest BCUT2D eigenvalue weighted by molar-refractivity contribution is 0.233. The van der Waals surface area contributed by atoms with Gasteiger partial charge in [-0.1, -0.05) is 17.7 Å². The number of nitrogens with zero attached hydrogens (tertiary/aromatic N) is 1. The summed E-state index contributed by atoms with van der Waals surface area (Å²) in [7, 11) is 2.18. The Bertz CT molecular complexity index is 423. The van der Waals surface area contributed by atoms with Gasteiger partial charge in [-0.3, -0.25) is 0 Å². The van der Waals surface area contributed by atoms with Gasteiger partial charge in [0.25, 0.3) is 0 Å². The molecule has 1 saturated heterocycles. The molecule has 0 saturated carbocycles. The van der Waals surface area contributed by atoms with Crippen molar-refractivity contribution in [3.05, 3.63) is 28.8 Å². The number of likely N-dealkylation sites (tertiary alicyclic amines) is 1. The minimum atomic E-state index is -0.00121. The highest BCUT2D eigenvalue weighted by Gasteiger charge is 2.20. The first-order valence-corrected chi connectivity index (χ1v) is 7.34. The van der Waals surface area contributed by atoms with E-state index in [2.05, 4.69) is 11.9 Å². The first-order valence-electron chi connectivity index (χ1n) is 6.96. The van der Waals surface area contributed by atoms with Crippen molar-refractivity contribution in [1.29, 1.82) is 0 Å². The quantitative estimate of drug-likeness (QED) is 0.901. The first kappa shape index (κ1) is 14.6. The highest BCUT2D eigenvalue weighted by atomic mass is 35.5. The molecular weight excluding hydrogens is 260 g/mol. The highest BCUT2D eigenvalue weighted by Crippen LogP contribution is 2.28. The third-order valence-electron chi connectivity index (χ3n) is 3.86. The lowest BCUT2D eigenvalue weighted by Gasteiger charge is -2.19. The van der Waals surface area contributed by atoms with Crippen molar-refractivity contribution in [1.82, 2.24) is 4.90 Å². The Morgan fingerprint density at radius 3 is 2.89 bits per heavy atom. The topological polar surface area (TPSA) is 38.5 Å². The summed E-state index contributed by atoms with van der Waals surface area (Å²) in [6.07, 6.45) is 3.63. The van der Waals surface area contributed by atoms with Crippen LogP contribution in [0.15, 0.2) is 18.2 Å². The molecule has 4 heteroatoms. The molecule has 3 nitrogen and oxygen atoms in total. The van der Waals surface area contributed by atoms with Gasteiger partial charge in [0, 0.05) is 12.1 Å². The monoisotopic (exact) mass is 282 g/mol. The summed E-state index contributed by atoms with van der Waals surface area (Å²) in [5, 5.41) is 0.648. The van der Waals surface area contributed by atoms with Gasteiger partial charge in [0.2, 0.25) is 0 Å². The van der Waals surface area contributed by atoms with E-state index in [9.17, 15) is 0 Å². The molecule has 2 atom stereocenters. The molecular formula is C15H23ClN2O. The number of hydrogen-bond donors (Lipinski definition) is 1. The van der Waals surface area contributed by atoms with Gasteiger partial charge in [-0.25, -0.2) is 0 Å². The first-order chi connectivity index (χ1) is 9.08. The molecule has 106 valence electrons. The second-order valence-electron chi connectivity index (χ2n) is 5.39. The highest BCUT2D eigenvalue weighted by molar-refractivity contribution is 6.32. The van der Waals surface area contributed by atoms with E-state index in [1.807, 2.05) is 25.1 Å². The van der Waals surface area contributed by atoms with E-state index >= 15 is 0 Å². The van der Waals surface area contributed by atoms with Crippen molar-refractivity contribution in [3.63, 3.8) is 0 Å². The Kier molecular flexibility index (Phi) is 5.08. The molecule has 1 aliphatic heterocycles. The molecule has 1 fully saturated rings. The molecule has 0 aromatic heterocycles. The van der Waals surface area contributed by atoms with Crippen molar-refractivity contribution in [2.75, 3.05) is 20.2 Å². The van der Waals surface area contributed by atoms with E-state index < -0.39 is 0 Å². The molecule has 1 heterocycles. The fourth-order valence-electron chi connectivity index (χ4n) is 2.57. The maximum Gasteiger partial charge on any atom is 0.137 e. The van der Waals surface area contributed by atoms with Gasteiger partial charge in [0.1, 0.15) is 5.75 Å². The average molecular weight is 283 g/mol. The number of hydrogen-bond acceptors (Lipinski definition) is 3. The molecule has 0 radical (unpaired) electrons. The molecule has 0 spiro atoms. The largest absolute Gasteiger partial charge is 0.492 e. The molecule has 2 rings (SSSR count). The van der Waals surface area contributed by atoms with Crippen LogP contribution in [0.2, 0.25) is 5.02 Å². The van der Waals surface area contributed by atoms with Gasteiger partial charge in [-0.15, -0.1) is 0 Å². The summed E-state index contributed by atoms with van der Waals surface area (Å²) < 4.78 is 5.78. The molecule has 1 unspecified atom stereocenters. The van der Waals surface area contributed by atoms with Crippen LogP contribution >= 0.6 is 11.6 Å². The maximum absolute atomic E-state index is 6.21. The molecule has 19 heavy (non-hydrogen) atoms. The number of rotatable bonds is 5. The molecule has 1 aromatic carbocycles. The predicted molar refractivity (Wildman–Crippen MR) is 79.8 cm³/mol. The molecule has 2 N–H and O–H groups in total. The number of nitrogens with two attached hydrogens (primary N) is 1. The summed E-state index contributed by atoms with van der Waals surface area (Å²) >= 11 is 6.21. The fraction of sp³-hybridized carbons (Fsp3) is 0.600. The lowest BCUT2D eigenvalue weighted by atomic mass is 10.1. The van der Waals surface area contributed by atoms with Gasteiger partial charge in [-0.2, -0.15) is 0 Å². The van der Waals surface area contributed by atoms with E-state index in [1.54, 1.807) is 0 Å². The van der Waals surface area contributed by atoms with Crippen molar-refractivity contribution >= 4 is 11.6 Å². The Morgan fingerprint density at radius 2 is 2.32 bits per heavy atom. The Labute approximate surface area is 120 Å². The zero-order valence-corrected chi connectivity index (χ0v) is 12.5. The van der Waals surface area contributed by atoms with E-state index in [0.717, 1.165) is 17.7 Å². The lowest BCUT2D eigenvalue weighted by Crippen LogP contribution is -2.26. The predicted octanol–water partition coefficient (Wildman–Crippen LogP) is 3.22. The molecule has 1 aliphatic rings. The number of benzene rings is 1. The molecule has 0 aliphatic carbocycles. The van der Waals surface area contributed by atoms with Crippen LogP contribution in [0.25, 0.3) is 0 Å². The summed E-state index contributed by atoms with van der Waals surface area (Å²) in [5.74, 6) is 0.756. The van der Waals surface area contributed by atoms with Crippen LogP contribution < -0.4 is 10.5 Å². The smallest absolute Gasteiger partial charge is 0.137 e. The third-order valence-corrected chi connectivity index (χ3v) is 4.16. The van der Waals surface area contributed by atoms with Crippen molar-refractivity contribution in [2.24, 2.45) is 5.73 Å². The molecule has 0 bridgehead atoms. The van der Waals surface area contributed by atoms with Crippen LogP contribution in [0.5, 0.6) is 5.75 Å². The second kappa shape index (κ2) is 6.60. The minimum absolute atomic E-state index is 0.00121. The second-order valence-corrected chi connectivity index (χ2v) is 5.80. The Hall–Kier alpha value is -0.770. The van der Waals surface area contributed by atoms with Gasteiger partial charge in [-0.05, 0) is 57.5 Å². The standard InChI is InChI=1S/C15H23ClN2O/c1-11(17)12-5-6-15(14(16)10-12)19-9-7-13-4-3-8-18(13)2/h5-6,10-11,13H,3-4,7-9,17H2,1-2H3/t11-,13?/m0/s1. The van der Waals surface area contributed by atoms with E-state index in [1.165, 1.54) is 19.4 Å². The van der Waals surface area contributed by atoms with Gasteiger partial charge < -0.3 is 15.4 Å². The molecule has 0 amide bonds. The van der Waals surface area contributed by atoms with E-state index in [4.69, 9.17) is 22.1 Å². The Morgan fingerprint density at radius 1 is 1.53 bits per heavy atom. The minimum Gasteiger partial charge on any atom is -0.492 e. The summed E-state index contributed by atoms with van der Waals surface area (Å²) in [6, 6.07) is 6.44. The van der Waals surface area contributed by atoms with Crippen LogP contribution in [-0.4, -0.2) is 31.1 Å². The van der Waals surface area contributed by atoms with Crippen LogP contribution in [0.1, 0.15) is 37.8 Å². The van der Waals surface area contributed by atoms with Crippen molar-refractivity contribution < 1.29 is 4.74 Å². The van der Waals surface area contributed by atoms with Crippen LogP contribution in [0.3, 0.4) is 0 Å². The van der Waals surface area contributed by atoms with Gasteiger partial charge >= 0.3 is 0 Å². The van der Waals surface area contributed by atoms with Crippen LogP contribution in [0.4, 0.5) is 0 Å². The number of halogens is 1. The number of ether oxygens (including phenoxy) is 1. The van der Waals surface area contributed by atoms with Crippen LogP contribution in [0, 0.1) is 0 Å². The normalized spacial score (nSPS) is 21.6. The SMILES string of the molecule is C[C@H](N)c1ccc(OCCC2CCCN2C)c(Cl)c1. The maximum atomic E-state index is 6.21. The fourth-order valence-corrected chi connectivity index (χ4v) is 2.81.